The average molecular weight is 432 g/mol. The highest BCUT2D eigenvalue weighted by atomic mass is 19.2. The van der Waals surface area contributed by atoms with E-state index in [0.717, 1.165) is 11.6 Å². The molecule has 0 spiro atoms. The van der Waals surface area contributed by atoms with Gasteiger partial charge in [-0.1, -0.05) is 6.07 Å². The molecule has 6 nitrogen and oxygen atoms in total. The van der Waals surface area contributed by atoms with Crippen molar-refractivity contribution in [2.24, 2.45) is 0 Å². The van der Waals surface area contributed by atoms with Crippen LogP contribution in [-0.2, 0) is 0 Å². The van der Waals surface area contributed by atoms with Gasteiger partial charge in [0.15, 0.2) is 17.1 Å². The summed E-state index contributed by atoms with van der Waals surface area (Å²) in [6, 6.07) is 7.04. The Morgan fingerprint density at radius 3 is 2.56 bits per heavy atom. The first-order valence-corrected chi connectivity index (χ1v) is 9.79. The smallest absolute Gasteiger partial charge is 0.196 e. The Bertz CT molecular complexity index is 1440. The molecular weight excluding hydrogens is 414 g/mol. The highest BCUT2D eigenvalue weighted by molar-refractivity contribution is 5.84. The van der Waals surface area contributed by atoms with Gasteiger partial charge in [0.25, 0.3) is 0 Å². The van der Waals surface area contributed by atoms with Gasteiger partial charge in [-0.15, -0.1) is 0 Å². The van der Waals surface area contributed by atoms with E-state index in [1.165, 1.54) is 12.4 Å². The van der Waals surface area contributed by atoms with Crippen LogP contribution >= 0.6 is 0 Å². The fourth-order valence-corrected chi connectivity index (χ4v) is 3.67. The molecular formula is C24H18F2N4O2. The Morgan fingerprint density at radius 2 is 1.88 bits per heavy atom. The van der Waals surface area contributed by atoms with E-state index in [4.69, 9.17) is 4.42 Å². The number of hydrogen-bond acceptors (Lipinski definition) is 6. The maximum absolute atomic E-state index is 14.1. The van der Waals surface area contributed by atoms with Gasteiger partial charge in [0.05, 0.1) is 22.7 Å². The van der Waals surface area contributed by atoms with Gasteiger partial charge in [-0.3, -0.25) is 4.79 Å². The summed E-state index contributed by atoms with van der Waals surface area (Å²) in [6.07, 6.45) is 4.49. The highest BCUT2D eigenvalue weighted by Crippen LogP contribution is 2.32. The Balaban J connectivity index is 1.90. The number of nitrogens with zero attached hydrogens (tertiary/aromatic N) is 3. The van der Waals surface area contributed by atoms with Crippen molar-refractivity contribution in [3.8, 4) is 17.4 Å². The third-order valence-electron chi connectivity index (χ3n) is 5.26. The molecule has 0 radical (unpaired) electrons. The molecule has 32 heavy (non-hydrogen) atoms. The van der Waals surface area contributed by atoms with Gasteiger partial charge >= 0.3 is 0 Å². The quantitative estimate of drug-likeness (QED) is 0.477. The van der Waals surface area contributed by atoms with Gasteiger partial charge in [0.1, 0.15) is 29.3 Å². The minimum atomic E-state index is -1.22. The number of nitrogens with one attached hydrogen (secondary N) is 1. The number of aryl methyl sites for hydroxylation is 1. The van der Waals surface area contributed by atoms with Crippen LogP contribution in [-0.4, -0.2) is 9.97 Å². The van der Waals surface area contributed by atoms with Crippen LogP contribution in [0.2, 0.25) is 0 Å². The van der Waals surface area contributed by atoms with E-state index in [-0.39, 0.29) is 11.1 Å². The summed E-state index contributed by atoms with van der Waals surface area (Å²) in [6.45, 7) is 5.31. The lowest BCUT2D eigenvalue weighted by atomic mass is 9.99. The third-order valence-corrected chi connectivity index (χ3v) is 5.26. The number of benzene rings is 2. The molecule has 0 amide bonds. The van der Waals surface area contributed by atoms with Gasteiger partial charge in [-0.2, -0.15) is 5.26 Å². The first-order chi connectivity index (χ1) is 15.3. The lowest BCUT2D eigenvalue weighted by Gasteiger charge is -2.19. The van der Waals surface area contributed by atoms with Gasteiger partial charge < -0.3 is 9.73 Å². The van der Waals surface area contributed by atoms with E-state index < -0.39 is 23.2 Å². The molecule has 0 unspecified atom stereocenters. The highest BCUT2D eigenvalue weighted by Gasteiger charge is 2.21. The molecule has 1 atom stereocenters. The summed E-state index contributed by atoms with van der Waals surface area (Å²) in [7, 11) is 0. The predicted octanol–water partition coefficient (Wildman–Crippen LogP) is 5.19. The van der Waals surface area contributed by atoms with Gasteiger partial charge in [0, 0.05) is 23.5 Å². The molecule has 160 valence electrons. The van der Waals surface area contributed by atoms with Crippen LogP contribution in [0.25, 0.3) is 22.3 Å². The van der Waals surface area contributed by atoms with Crippen molar-refractivity contribution in [3.05, 3.63) is 87.1 Å². The minimum absolute atomic E-state index is 0.139. The molecule has 0 aliphatic heterocycles. The minimum Gasteiger partial charge on any atom is -0.455 e. The molecule has 0 saturated carbocycles. The molecule has 4 aromatic rings. The van der Waals surface area contributed by atoms with E-state index in [9.17, 15) is 18.8 Å². The predicted molar refractivity (Wildman–Crippen MR) is 116 cm³/mol. The largest absolute Gasteiger partial charge is 0.455 e. The van der Waals surface area contributed by atoms with Crippen molar-refractivity contribution in [3.63, 3.8) is 0 Å². The zero-order valence-electron chi connectivity index (χ0n) is 17.5. The lowest BCUT2D eigenvalue weighted by Crippen LogP contribution is -2.13. The second-order valence-electron chi connectivity index (χ2n) is 7.51. The molecule has 0 saturated heterocycles. The van der Waals surface area contributed by atoms with Crippen LogP contribution in [0.15, 0.2) is 52.2 Å². The zero-order valence-corrected chi connectivity index (χ0v) is 17.5. The number of hydrogen-bond donors (Lipinski definition) is 1. The Morgan fingerprint density at radius 1 is 1.16 bits per heavy atom. The summed E-state index contributed by atoms with van der Waals surface area (Å²) >= 11 is 0. The monoisotopic (exact) mass is 432 g/mol. The van der Waals surface area contributed by atoms with Crippen molar-refractivity contribution in [1.29, 1.82) is 5.26 Å². The number of fused-ring (bicyclic) bond motifs is 1. The van der Waals surface area contributed by atoms with Crippen LogP contribution in [0.1, 0.15) is 35.2 Å². The standard InChI is InChI=1S/C24H18F2N4O2/c1-12-6-16(14(3)30-20-5-4-19(25)21(26)18(20)8-27)24-17(7-12)22(31)13(2)23(32-24)15-9-28-11-29-10-15/h4-7,9-11,14,30H,1-3H3/t14-/m1/s1. The molecule has 2 aromatic heterocycles. The molecule has 2 heterocycles. The van der Waals surface area contributed by atoms with E-state index in [1.54, 1.807) is 38.4 Å². The van der Waals surface area contributed by atoms with Gasteiger partial charge in [-0.25, -0.2) is 18.7 Å². The number of nitriles is 1. The van der Waals surface area contributed by atoms with Gasteiger partial charge in [-0.05, 0) is 44.5 Å². The molecule has 1 N–H and O–H groups in total. The molecule has 8 heteroatoms. The van der Waals surface area contributed by atoms with Crippen LogP contribution in [0.4, 0.5) is 14.5 Å². The van der Waals surface area contributed by atoms with Crippen molar-refractivity contribution in [2.75, 3.05) is 5.32 Å². The number of halogens is 2. The Labute approximate surface area is 182 Å². The molecule has 4 rings (SSSR count). The van der Waals surface area contributed by atoms with Gasteiger partial charge in [0.2, 0.25) is 0 Å². The maximum Gasteiger partial charge on any atom is 0.196 e. The van der Waals surface area contributed by atoms with Crippen molar-refractivity contribution < 1.29 is 13.2 Å². The first-order valence-electron chi connectivity index (χ1n) is 9.79. The topological polar surface area (TPSA) is 91.8 Å². The first kappa shape index (κ1) is 21.1. The van der Waals surface area contributed by atoms with E-state index >= 15 is 0 Å². The van der Waals surface area contributed by atoms with E-state index in [1.807, 2.05) is 13.0 Å². The molecule has 0 fully saturated rings. The molecule has 0 bridgehead atoms. The number of rotatable bonds is 4. The van der Waals surface area contributed by atoms with Crippen LogP contribution in [0, 0.1) is 36.8 Å². The summed E-state index contributed by atoms with van der Waals surface area (Å²) in [4.78, 5) is 21.1. The SMILES string of the molecule is Cc1cc([C@@H](C)Nc2ccc(F)c(F)c2C#N)c2oc(-c3cncnc3)c(C)c(=O)c2c1. The second kappa shape index (κ2) is 8.19. The fraction of sp³-hybridized carbons (Fsp3) is 0.167. The summed E-state index contributed by atoms with van der Waals surface area (Å²) in [5, 5.41) is 12.7. The average Bonchev–Trinajstić information content (AvgIpc) is 2.79. The molecule has 0 aliphatic rings. The van der Waals surface area contributed by atoms with Crippen molar-refractivity contribution in [2.45, 2.75) is 26.8 Å². The number of anilines is 1. The van der Waals surface area contributed by atoms with Crippen LogP contribution < -0.4 is 10.7 Å². The van der Waals surface area contributed by atoms with Crippen LogP contribution in [0.5, 0.6) is 0 Å². The van der Waals surface area contributed by atoms with Crippen LogP contribution in [0.3, 0.4) is 0 Å². The lowest BCUT2D eigenvalue weighted by molar-refractivity contribution is 0.506. The number of aromatic nitrogens is 2. The normalized spacial score (nSPS) is 11.9. The second-order valence-corrected chi connectivity index (χ2v) is 7.51. The summed E-state index contributed by atoms with van der Waals surface area (Å²) < 4.78 is 33.8. The Kier molecular flexibility index (Phi) is 5.41. The summed E-state index contributed by atoms with van der Waals surface area (Å²) in [5.74, 6) is -1.96. The molecule has 2 aromatic carbocycles. The third kappa shape index (κ3) is 3.58. The van der Waals surface area contributed by atoms with E-state index in [2.05, 4.69) is 15.3 Å². The fourth-order valence-electron chi connectivity index (χ4n) is 3.67. The van der Waals surface area contributed by atoms with E-state index in [0.29, 0.717) is 33.4 Å². The van der Waals surface area contributed by atoms with Crippen molar-refractivity contribution >= 4 is 16.7 Å². The Hall–Kier alpha value is -4.12. The summed E-state index contributed by atoms with van der Waals surface area (Å²) in [5.41, 5.74) is 2.32. The zero-order chi connectivity index (χ0) is 23.0. The van der Waals surface area contributed by atoms with Crippen molar-refractivity contribution in [1.82, 2.24) is 9.97 Å². The maximum atomic E-state index is 14.1. The molecule has 0 aliphatic carbocycles.